The number of hydrogen-bond acceptors (Lipinski definition) is 2. The first-order valence-electron chi connectivity index (χ1n) is 11.6. The third-order valence-corrected chi connectivity index (χ3v) is 8.54. The Morgan fingerprint density at radius 2 is 1.50 bits per heavy atom. The van der Waals surface area contributed by atoms with Gasteiger partial charge in [0, 0.05) is 21.7 Å². The summed E-state index contributed by atoms with van der Waals surface area (Å²) >= 11 is 1.86. The minimum Gasteiger partial charge on any atom is -0.455 e. The number of benzene rings is 5. The minimum atomic E-state index is 0.947. The van der Waals surface area contributed by atoms with E-state index in [4.69, 9.17) is 4.42 Å². The lowest BCUT2D eigenvalue weighted by atomic mass is 9.92. The van der Waals surface area contributed by atoms with Gasteiger partial charge in [0.05, 0.1) is 15.8 Å². The molecular formula is C31H20NOS+. The Morgan fingerprint density at radius 3 is 2.38 bits per heavy atom. The Balaban J connectivity index is 1.56. The molecule has 0 radical (unpaired) electrons. The first kappa shape index (κ1) is 18.6. The molecule has 0 bridgehead atoms. The van der Waals surface area contributed by atoms with Crippen molar-refractivity contribution in [1.29, 1.82) is 0 Å². The van der Waals surface area contributed by atoms with Crippen LogP contribution in [0.5, 0.6) is 0 Å². The number of para-hydroxylation sites is 1. The lowest BCUT2D eigenvalue weighted by molar-refractivity contribution is -0.659. The summed E-state index contributed by atoms with van der Waals surface area (Å²) in [4.78, 5) is 2.52. The van der Waals surface area contributed by atoms with Gasteiger partial charge in [0.2, 0.25) is 5.69 Å². The van der Waals surface area contributed by atoms with Crippen LogP contribution in [0.15, 0.2) is 99.3 Å². The van der Waals surface area contributed by atoms with E-state index in [2.05, 4.69) is 97.5 Å². The van der Waals surface area contributed by atoms with Gasteiger partial charge in [0.1, 0.15) is 18.2 Å². The van der Waals surface area contributed by atoms with Crippen LogP contribution < -0.4 is 4.57 Å². The molecule has 8 rings (SSSR count). The van der Waals surface area contributed by atoms with Crippen molar-refractivity contribution >= 4 is 66.0 Å². The van der Waals surface area contributed by atoms with Crippen LogP contribution in [0.3, 0.4) is 0 Å². The Kier molecular flexibility index (Phi) is 3.50. The SMILES string of the molecule is Cc1c2c(cc3cc4ccccc4cc13)Sc1c3oc4ccccc4c3cc3cc[n+](C)c-2c13. The molecule has 0 saturated heterocycles. The predicted octanol–water partition coefficient (Wildman–Crippen LogP) is 8.31. The number of nitrogens with zero attached hydrogens (tertiary/aromatic N) is 1. The number of pyridine rings is 1. The zero-order chi connectivity index (χ0) is 22.6. The molecule has 3 heterocycles. The highest BCUT2D eigenvalue weighted by Crippen LogP contribution is 2.53. The molecule has 0 atom stereocenters. The molecule has 7 aromatic rings. The van der Waals surface area contributed by atoms with E-state index >= 15 is 0 Å². The average Bonchev–Trinajstić information content (AvgIpc) is 3.23. The van der Waals surface area contributed by atoms with Crippen LogP contribution in [-0.2, 0) is 7.05 Å². The Morgan fingerprint density at radius 1 is 0.735 bits per heavy atom. The smallest absolute Gasteiger partial charge is 0.222 e. The van der Waals surface area contributed by atoms with Crippen LogP contribution >= 0.6 is 11.8 Å². The van der Waals surface area contributed by atoms with Gasteiger partial charge in [-0.1, -0.05) is 54.2 Å². The van der Waals surface area contributed by atoms with Crippen LogP contribution in [0, 0.1) is 6.92 Å². The topological polar surface area (TPSA) is 17.0 Å². The predicted molar refractivity (Wildman–Crippen MR) is 142 cm³/mol. The zero-order valence-electron chi connectivity index (χ0n) is 18.8. The number of rotatable bonds is 0. The molecule has 0 spiro atoms. The van der Waals surface area contributed by atoms with Crippen molar-refractivity contribution < 1.29 is 8.98 Å². The molecule has 1 aliphatic heterocycles. The number of hydrogen-bond donors (Lipinski definition) is 0. The van der Waals surface area contributed by atoms with Crippen molar-refractivity contribution in [2.45, 2.75) is 16.7 Å². The monoisotopic (exact) mass is 454 g/mol. The molecule has 0 N–H and O–H groups in total. The van der Waals surface area contributed by atoms with Crippen molar-refractivity contribution in [2.75, 3.05) is 0 Å². The molecule has 2 nitrogen and oxygen atoms in total. The van der Waals surface area contributed by atoms with Crippen LogP contribution in [0.1, 0.15) is 5.56 Å². The maximum Gasteiger partial charge on any atom is 0.222 e. The van der Waals surface area contributed by atoms with E-state index in [1.165, 1.54) is 69.7 Å². The van der Waals surface area contributed by atoms with E-state index in [0.29, 0.717) is 0 Å². The third kappa shape index (κ3) is 2.30. The first-order valence-corrected chi connectivity index (χ1v) is 12.4. The Labute approximate surface area is 200 Å². The van der Waals surface area contributed by atoms with E-state index in [0.717, 1.165) is 11.2 Å². The van der Waals surface area contributed by atoms with E-state index in [-0.39, 0.29) is 0 Å². The highest BCUT2D eigenvalue weighted by Gasteiger charge is 2.31. The van der Waals surface area contributed by atoms with Crippen LogP contribution in [0.2, 0.25) is 0 Å². The van der Waals surface area contributed by atoms with Gasteiger partial charge in [-0.05, 0) is 69.8 Å². The fraction of sp³-hybridized carbons (Fsp3) is 0.0645. The summed E-state index contributed by atoms with van der Waals surface area (Å²) in [6.45, 7) is 2.28. The number of aryl methyl sites for hydroxylation is 2. The average molecular weight is 455 g/mol. The third-order valence-electron chi connectivity index (χ3n) is 7.40. The first-order chi connectivity index (χ1) is 16.7. The second kappa shape index (κ2) is 6.40. The second-order valence-corrected chi connectivity index (χ2v) is 10.4. The van der Waals surface area contributed by atoms with Gasteiger partial charge in [-0.15, -0.1) is 0 Å². The molecule has 0 unspecified atom stereocenters. The zero-order valence-corrected chi connectivity index (χ0v) is 19.7. The minimum absolute atomic E-state index is 0.947. The highest BCUT2D eigenvalue weighted by atomic mass is 32.2. The highest BCUT2D eigenvalue weighted by molar-refractivity contribution is 8.00. The Bertz CT molecular complexity index is 2010. The molecule has 0 aliphatic carbocycles. The fourth-order valence-corrected chi connectivity index (χ4v) is 7.11. The van der Waals surface area contributed by atoms with Crippen LogP contribution in [0.4, 0.5) is 0 Å². The van der Waals surface area contributed by atoms with Crippen molar-refractivity contribution in [3.8, 4) is 11.3 Å². The van der Waals surface area contributed by atoms with Gasteiger partial charge in [0.25, 0.3) is 0 Å². The Hall–Kier alpha value is -3.82. The van der Waals surface area contributed by atoms with E-state index in [9.17, 15) is 0 Å². The van der Waals surface area contributed by atoms with Gasteiger partial charge < -0.3 is 4.42 Å². The molecule has 0 amide bonds. The lowest BCUT2D eigenvalue weighted by Crippen LogP contribution is -2.31. The molecule has 2 aromatic heterocycles. The van der Waals surface area contributed by atoms with Crippen molar-refractivity contribution in [2.24, 2.45) is 7.05 Å². The van der Waals surface area contributed by atoms with Crippen molar-refractivity contribution in [1.82, 2.24) is 0 Å². The molecule has 1 aliphatic rings. The van der Waals surface area contributed by atoms with Gasteiger partial charge in [-0.3, -0.25) is 0 Å². The van der Waals surface area contributed by atoms with E-state index < -0.39 is 0 Å². The van der Waals surface area contributed by atoms with Gasteiger partial charge >= 0.3 is 0 Å². The summed E-state index contributed by atoms with van der Waals surface area (Å²) in [5, 5.41) is 10.1. The molecule has 0 fully saturated rings. The lowest BCUT2D eigenvalue weighted by Gasteiger charge is -2.21. The maximum atomic E-state index is 6.47. The number of aromatic nitrogens is 1. The fourth-order valence-electron chi connectivity index (χ4n) is 5.79. The molecule has 0 saturated carbocycles. The van der Waals surface area contributed by atoms with Gasteiger partial charge in [-0.25, -0.2) is 4.57 Å². The molecule has 5 aromatic carbocycles. The maximum absolute atomic E-state index is 6.47. The summed E-state index contributed by atoms with van der Waals surface area (Å²) in [6.07, 6.45) is 2.19. The summed E-state index contributed by atoms with van der Waals surface area (Å²) in [7, 11) is 2.16. The van der Waals surface area contributed by atoms with Gasteiger partial charge in [-0.2, -0.15) is 0 Å². The second-order valence-electron chi connectivity index (χ2n) is 9.32. The number of furan rings is 1. The quantitative estimate of drug-likeness (QED) is 0.169. The normalized spacial score (nSPS) is 12.9. The summed E-state index contributed by atoms with van der Waals surface area (Å²) < 4.78 is 8.75. The van der Waals surface area contributed by atoms with Crippen LogP contribution in [-0.4, -0.2) is 0 Å². The molecule has 34 heavy (non-hydrogen) atoms. The molecular weight excluding hydrogens is 434 g/mol. The van der Waals surface area contributed by atoms with E-state index in [1.807, 2.05) is 17.8 Å². The summed E-state index contributed by atoms with van der Waals surface area (Å²) in [5.41, 5.74) is 5.89. The van der Waals surface area contributed by atoms with E-state index in [1.54, 1.807) is 0 Å². The summed E-state index contributed by atoms with van der Waals surface area (Å²) in [6, 6.07) is 28.6. The van der Waals surface area contributed by atoms with Crippen LogP contribution in [0.25, 0.3) is 65.5 Å². The molecule has 160 valence electrons. The van der Waals surface area contributed by atoms with Gasteiger partial charge in [0.15, 0.2) is 6.20 Å². The largest absolute Gasteiger partial charge is 0.455 e. The molecule has 3 heteroatoms. The summed E-state index contributed by atoms with van der Waals surface area (Å²) in [5.74, 6) is 0. The standard InChI is InChI=1S/C31H20NOS/c1-17-23-14-19-8-4-3-7-18(19)13-21(23)16-26-27(17)29-28-20(11-12-32(29)2)15-24-22-9-5-6-10-25(22)33-30(24)31(28)34-26/h3-16H,1-2H3/q+1. The number of fused-ring (bicyclic) bond motifs is 8. The van der Waals surface area contributed by atoms with Crippen molar-refractivity contribution in [3.05, 3.63) is 90.6 Å². The van der Waals surface area contributed by atoms with Crippen molar-refractivity contribution in [3.63, 3.8) is 0 Å².